The lowest BCUT2D eigenvalue weighted by Crippen LogP contribution is -2.31. The van der Waals surface area contributed by atoms with Crippen LogP contribution >= 0.6 is 11.3 Å². The van der Waals surface area contributed by atoms with Gasteiger partial charge >= 0.3 is 6.09 Å². The van der Waals surface area contributed by atoms with E-state index in [1.807, 2.05) is 12.2 Å². The maximum Gasteiger partial charge on any atom is 0.410 e. The number of ether oxygens (including phenoxy) is 1. The molecule has 0 fully saturated rings. The van der Waals surface area contributed by atoms with Crippen LogP contribution in [0.15, 0.2) is 41.2 Å². The zero-order valence-electron chi connectivity index (χ0n) is 16.3. The number of furan rings is 1. The Morgan fingerprint density at radius 1 is 1.40 bits per heavy atom. The number of rotatable bonds is 5. The molecule has 0 aromatic carbocycles. The first kappa shape index (κ1) is 20.0. The SMILES string of the molecule is N#Cc1c(NC(=O)/C=C/c2ccoc2)sc2c1CCC(COC(=O)N1CC=CC1)C2. The molecule has 30 heavy (non-hydrogen) atoms. The maximum atomic E-state index is 12.3. The number of carbonyl (C=O) groups is 2. The van der Waals surface area contributed by atoms with Crippen LogP contribution in [0.4, 0.5) is 9.80 Å². The number of amides is 2. The molecule has 1 aliphatic carbocycles. The summed E-state index contributed by atoms with van der Waals surface area (Å²) in [6, 6.07) is 3.99. The molecule has 0 saturated carbocycles. The molecule has 7 nitrogen and oxygen atoms in total. The Morgan fingerprint density at radius 2 is 2.23 bits per heavy atom. The van der Waals surface area contributed by atoms with Gasteiger partial charge in [-0.1, -0.05) is 12.2 Å². The van der Waals surface area contributed by atoms with Crippen molar-refractivity contribution in [3.05, 3.63) is 58.4 Å². The highest BCUT2D eigenvalue weighted by Crippen LogP contribution is 2.39. The van der Waals surface area contributed by atoms with Crippen LogP contribution in [-0.2, 0) is 22.4 Å². The van der Waals surface area contributed by atoms with Crippen molar-refractivity contribution >= 4 is 34.4 Å². The summed E-state index contributed by atoms with van der Waals surface area (Å²) < 4.78 is 10.4. The van der Waals surface area contributed by atoms with Gasteiger partial charge in [0.2, 0.25) is 5.91 Å². The third-order valence-corrected chi connectivity index (χ3v) is 6.37. The number of anilines is 1. The predicted octanol–water partition coefficient (Wildman–Crippen LogP) is 3.98. The van der Waals surface area contributed by atoms with Crippen LogP contribution < -0.4 is 5.32 Å². The second-order valence-electron chi connectivity index (χ2n) is 7.26. The molecular weight excluding hydrogens is 402 g/mol. The topological polar surface area (TPSA) is 95.6 Å². The normalized spacial score (nSPS) is 17.7. The number of fused-ring (bicyclic) bond motifs is 1. The van der Waals surface area contributed by atoms with Crippen molar-refractivity contribution in [1.29, 1.82) is 5.26 Å². The fourth-order valence-electron chi connectivity index (χ4n) is 3.61. The van der Waals surface area contributed by atoms with E-state index >= 15 is 0 Å². The minimum absolute atomic E-state index is 0.215. The highest BCUT2D eigenvalue weighted by molar-refractivity contribution is 7.16. The second-order valence-corrected chi connectivity index (χ2v) is 8.37. The molecular formula is C22H21N3O4S. The second kappa shape index (κ2) is 9.01. The predicted molar refractivity (Wildman–Crippen MR) is 113 cm³/mol. The van der Waals surface area contributed by atoms with Crippen LogP contribution in [0.1, 0.15) is 28.0 Å². The van der Waals surface area contributed by atoms with E-state index < -0.39 is 0 Å². The van der Waals surface area contributed by atoms with E-state index in [9.17, 15) is 14.9 Å². The van der Waals surface area contributed by atoms with Crippen molar-refractivity contribution < 1.29 is 18.7 Å². The maximum absolute atomic E-state index is 12.3. The van der Waals surface area contributed by atoms with Gasteiger partial charge in [0.1, 0.15) is 11.1 Å². The van der Waals surface area contributed by atoms with Crippen molar-refractivity contribution in [1.82, 2.24) is 4.90 Å². The van der Waals surface area contributed by atoms with Gasteiger partial charge in [0, 0.05) is 29.6 Å². The fourth-order valence-corrected chi connectivity index (χ4v) is 4.92. The summed E-state index contributed by atoms with van der Waals surface area (Å²) in [5.74, 6) is -0.0808. The third-order valence-electron chi connectivity index (χ3n) is 5.21. The minimum Gasteiger partial charge on any atom is -0.472 e. The van der Waals surface area contributed by atoms with Gasteiger partial charge in [-0.25, -0.2) is 4.79 Å². The summed E-state index contributed by atoms with van der Waals surface area (Å²) in [4.78, 5) is 27.1. The zero-order valence-corrected chi connectivity index (χ0v) is 17.1. The third kappa shape index (κ3) is 4.47. The molecule has 1 aliphatic heterocycles. The van der Waals surface area contributed by atoms with Crippen LogP contribution in [0.2, 0.25) is 0 Å². The van der Waals surface area contributed by atoms with E-state index in [4.69, 9.17) is 9.15 Å². The fraction of sp³-hybridized carbons (Fsp3) is 0.318. The average molecular weight is 423 g/mol. The molecule has 0 saturated heterocycles. The van der Waals surface area contributed by atoms with Crippen LogP contribution in [0.25, 0.3) is 6.08 Å². The van der Waals surface area contributed by atoms with E-state index in [2.05, 4.69) is 11.4 Å². The number of nitrogens with zero attached hydrogens (tertiary/aromatic N) is 2. The molecule has 2 aromatic rings. The summed E-state index contributed by atoms with van der Waals surface area (Å²) >= 11 is 1.43. The molecule has 154 valence electrons. The van der Waals surface area contributed by atoms with Crippen LogP contribution in [-0.4, -0.2) is 36.6 Å². The summed E-state index contributed by atoms with van der Waals surface area (Å²) in [5, 5.41) is 13.0. The monoisotopic (exact) mass is 423 g/mol. The smallest absolute Gasteiger partial charge is 0.410 e. The highest BCUT2D eigenvalue weighted by atomic mass is 32.1. The van der Waals surface area contributed by atoms with Crippen molar-refractivity contribution in [2.45, 2.75) is 19.3 Å². The summed E-state index contributed by atoms with van der Waals surface area (Å²) in [6.45, 7) is 1.56. The van der Waals surface area contributed by atoms with Crippen LogP contribution in [0, 0.1) is 17.2 Å². The zero-order chi connectivity index (χ0) is 20.9. The summed E-state index contributed by atoms with van der Waals surface area (Å²) in [5.41, 5.74) is 2.33. The van der Waals surface area contributed by atoms with Gasteiger partial charge in [0.25, 0.3) is 0 Å². The number of nitrogens with one attached hydrogen (secondary N) is 1. The standard InChI is InChI=1S/C22H21N3O4S/c23-12-18-17-5-3-16(14-29-22(27)25-8-1-2-9-25)11-19(17)30-21(18)24-20(26)6-4-15-7-10-28-13-15/h1-2,4,6-7,10,13,16H,3,5,8-9,11,14H2,(H,24,26)/b6-4+. The molecule has 2 aliphatic rings. The minimum atomic E-state index is -0.295. The number of hydrogen-bond donors (Lipinski definition) is 1. The van der Waals surface area contributed by atoms with E-state index in [1.165, 1.54) is 23.7 Å². The highest BCUT2D eigenvalue weighted by Gasteiger charge is 2.27. The lowest BCUT2D eigenvalue weighted by atomic mass is 9.88. The molecule has 4 rings (SSSR count). The van der Waals surface area contributed by atoms with Crippen molar-refractivity contribution in [3.8, 4) is 6.07 Å². The number of thiophene rings is 1. The molecule has 1 unspecified atom stereocenters. The van der Waals surface area contributed by atoms with Gasteiger partial charge in [-0.05, 0) is 42.9 Å². The lowest BCUT2D eigenvalue weighted by molar-refractivity contribution is -0.111. The number of nitriles is 1. The largest absolute Gasteiger partial charge is 0.472 e. The van der Waals surface area contributed by atoms with Gasteiger partial charge < -0.3 is 19.4 Å². The van der Waals surface area contributed by atoms with Gasteiger partial charge in [0.05, 0.1) is 24.7 Å². The Labute approximate surface area is 178 Å². The summed E-state index contributed by atoms with van der Waals surface area (Å²) in [7, 11) is 0. The molecule has 2 aromatic heterocycles. The molecule has 2 amide bonds. The molecule has 8 heteroatoms. The van der Waals surface area contributed by atoms with E-state index in [0.717, 1.165) is 35.3 Å². The van der Waals surface area contributed by atoms with Gasteiger partial charge in [-0.15, -0.1) is 11.3 Å². The van der Waals surface area contributed by atoms with Crippen molar-refractivity contribution in [2.24, 2.45) is 5.92 Å². The quantitative estimate of drug-likeness (QED) is 0.580. The average Bonchev–Trinajstić information content (AvgIpc) is 3.51. The molecule has 0 radical (unpaired) electrons. The van der Waals surface area contributed by atoms with Crippen molar-refractivity contribution in [2.75, 3.05) is 25.0 Å². The first-order valence-corrected chi connectivity index (χ1v) is 10.6. The Kier molecular flexibility index (Phi) is 6.00. The Bertz CT molecular complexity index is 1020. The van der Waals surface area contributed by atoms with Crippen LogP contribution in [0.3, 0.4) is 0 Å². The first-order valence-electron chi connectivity index (χ1n) is 9.76. The van der Waals surface area contributed by atoms with E-state index in [1.54, 1.807) is 23.3 Å². The van der Waals surface area contributed by atoms with Gasteiger partial charge in [0.15, 0.2) is 0 Å². The van der Waals surface area contributed by atoms with Gasteiger partial charge in [-0.3, -0.25) is 4.79 Å². The Balaban J connectivity index is 1.37. The van der Waals surface area contributed by atoms with Crippen LogP contribution in [0.5, 0.6) is 0 Å². The molecule has 1 N–H and O–H groups in total. The van der Waals surface area contributed by atoms with E-state index in [0.29, 0.717) is 30.3 Å². The van der Waals surface area contributed by atoms with Gasteiger partial charge in [-0.2, -0.15) is 5.26 Å². The molecule has 1 atom stereocenters. The number of carbonyl (C=O) groups excluding carboxylic acids is 2. The molecule has 0 bridgehead atoms. The first-order chi connectivity index (χ1) is 14.6. The Morgan fingerprint density at radius 3 is 2.97 bits per heavy atom. The molecule has 0 spiro atoms. The molecule has 3 heterocycles. The lowest BCUT2D eigenvalue weighted by Gasteiger charge is -2.23. The van der Waals surface area contributed by atoms with E-state index in [-0.39, 0.29) is 17.9 Å². The Hall–Kier alpha value is -3.31. The number of hydrogen-bond acceptors (Lipinski definition) is 6. The van der Waals surface area contributed by atoms with Crippen molar-refractivity contribution in [3.63, 3.8) is 0 Å². The summed E-state index contributed by atoms with van der Waals surface area (Å²) in [6.07, 6.45) is 12.1.